The lowest BCUT2D eigenvalue weighted by Crippen LogP contribution is -2.28. The quantitative estimate of drug-likeness (QED) is 0.753. The van der Waals surface area contributed by atoms with Crippen molar-refractivity contribution in [3.05, 3.63) is 12.1 Å². The van der Waals surface area contributed by atoms with Crippen molar-refractivity contribution in [2.45, 2.75) is 12.8 Å². The van der Waals surface area contributed by atoms with Crippen LogP contribution in [-0.2, 0) is 14.3 Å². The normalized spacial score (nSPS) is 15.8. The molecule has 2 heterocycles. The molecule has 0 radical (unpaired) electrons. The molecule has 1 amide bonds. The summed E-state index contributed by atoms with van der Waals surface area (Å²) in [5, 5.41) is 13.8. The lowest BCUT2D eigenvalue weighted by molar-refractivity contribution is -0.122. The number of methoxy groups -OCH3 is 1. The predicted molar refractivity (Wildman–Crippen MR) is 74.6 cm³/mol. The maximum atomic E-state index is 12.0. The first-order valence-electron chi connectivity index (χ1n) is 6.75. The Hall–Kier alpha value is -1.73. The standard InChI is InChI=1S/C13H20N4O3/c1-19-9-6-14-11-2-3-12(17-16-11)15-13(18)10-4-7-20-8-5-10/h2-3,10H,4-9H2,1H3,(H,14,16)(H,15,17,18). The minimum atomic E-state index is -0.0114. The largest absolute Gasteiger partial charge is 0.383 e. The highest BCUT2D eigenvalue weighted by Gasteiger charge is 2.21. The van der Waals surface area contributed by atoms with Crippen LogP contribution in [0.25, 0.3) is 0 Å². The van der Waals surface area contributed by atoms with E-state index < -0.39 is 0 Å². The van der Waals surface area contributed by atoms with Crippen molar-refractivity contribution in [2.75, 3.05) is 44.1 Å². The van der Waals surface area contributed by atoms with Crippen LogP contribution in [0.15, 0.2) is 12.1 Å². The van der Waals surface area contributed by atoms with Gasteiger partial charge in [-0.25, -0.2) is 0 Å². The van der Waals surface area contributed by atoms with Gasteiger partial charge in [-0.3, -0.25) is 4.79 Å². The summed E-state index contributed by atoms with van der Waals surface area (Å²) in [6.45, 7) is 2.56. The SMILES string of the molecule is COCCNc1ccc(NC(=O)C2CCOCC2)nn1. The molecule has 0 aromatic carbocycles. The zero-order valence-corrected chi connectivity index (χ0v) is 11.6. The van der Waals surface area contributed by atoms with E-state index in [0.29, 0.717) is 38.0 Å². The van der Waals surface area contributed by atoms with Crippen molar-refractivity contribution < 1.29 is 14.3 Å². The van der Waals surface area contributed by atoms with Crippen LogP contribution in [0.1, 0.15) is 12.8 Å². The number of anilines is 2. The Kier molecular flexibility index (Phi) is 5.69. The molecule has 1 saturated heterocycles. The van der Waals surface area contributed by atoms with Gasteiger partial charge >= 0.3 is 0 Å². The fraction of sp³-hybridized carbons (Fsp3) is 0.615. The van der Waals surface area contributed by atoms with Crippen LogP contribution in [0.2, 0.25) is 0 Å². The van der Waals surface area contributed by atoms with Crippen LogP contribution >= 0.6 is 0 Å². The molecule has 7 heteroatoms. The van der Waals surface area contributed by atoms with E-state index in [2.05, 4.69) is 20.8 Å². The van der Waals surface area contributed by atoms with E-state index in [1.54, 1.807) is 19.2 Å². The highest BCUT2D eigenvalue weighted by Crippen LogP contribution is 2.16. The summed E-state index contributed by atoms with van der Waals surface area (Å²) in [6, 6.07) is 3.52. The Balaban J connectivity index is 1.81. The Bertz CT molecular complexity index is 418. The number of hydrogen-bond donors (Lipinski definition) is 2. The van der Waals surface area contributed by atoms with Gasteiger partial charge in [-0.2, -0.15) is 0 Å². The number of amides is 1. The molecule has 2 rings (SSSR count). The minimum absolute atomic E-state index is 0.00468. The van der Waals surface area contributed by atoms with Crippen molar-refractivity contribution >= 4 is 17.5 Å². The Morgan fingerprint density at radius 1 is 1.35 bits per heavy atom. The molecule has 110 valence electrons. The van der Waals surface area contributed by atoms with E-state index in [4.69, 9.17) is 9.47 Å². The molecule has 0 atom stereocenters. The van der Waals surface area contributed by atoms with E-state index in [1.807, 2.05) is 0 Å². The second kappa shape index (κ2) is 7.76. The average molecular weight is 280 g/mol. The van der Waals surface area contributed by atoms with Crippen LogP contribution in [-0.4, -0.2) is 49.6 Å². The molecule has 0 saturated carbocycles. The molecule has 1 aromatic rings. The molecule has 1 aromatic heterocycles. The smallest absolute Gasteiger partial charge is 0.228 e. The molecule has 0 unspecified atom stereocenters. The number of rotatable bonds is 6. The van der Waals surface area contributed by atoms with Crippen molar-refractivity contribution in [2.24, 2.45) is 5.92 Å². The van der Waals surface area contributed by atoms with Crippen molar-refractivity contribution in [1.29, 1.82) is 0 Å². The molecule has 7 nitrogen and oxygen atoms in total. The lowest BCUT2D eigenvalue weighted by Gasteiger charge is -2.20. The third-order valence-corrected chi connectivity index (χ3v) is 3.12. The minimum Gasteiger partial charge on any atom is -0.383 e. The highest BCUT2D eigenvalue weighted by molar-refractivity contribution is 5.91. The maximum absolute atomic E-state index is 12.0. The number of carbonyl (C=O) groups is 1. The van der Waals surface area contributed by atoms with Gasteiger partial charge in [0.25, 0.3) is 0 Å². The van der Waals surface area contributed by atoms with Gasteiger partial charge in [-0.05, 0) is 25.0 Å². The van der Waals surface area contributed by atoms with E-state index in [-0.39, 0.29) is 11.8 Å². The third-order valence-electron chi connectivity index (χ3n) is 3.12. The second-order valence-corrected chi connectivity index (χ2v) is 4.60. The molecule has 1 aliphatic heterocycles. The van der Waals surface area contributed by atoms with Crippen LogP contribution in [0.3, 0.4) is 0 Å². The fourth-order valence-electron chi connectivity index (χ4n) is 1.96. The highest BCUT2D eigenvalue weighted by atomic mass is 16.5. The van der Waals surface area contributed by atoms with Crippen molar-refractivity contribution in [3.63, 3.8) is 0 Å². The number of nitrogens with one attached hydrogen (secondary N) is 2. The zero-order valence-electron chi connectivity index (χ0n) is 11.6. The molecular weight excluding hydrogens is 260 g/mol. The molecule has 1 fully saturated rings. The zero-order chi connectivity index (χ0) is 14.2. The summed E-state index contributed by atoms with van der Waals surface area (Å²) < 4.78 is 10.2. The summed E-state index contributed by atoms with van der Waals surface area (Å²) in [6.07, 6.45) is 1.52. The summed E-state index contributed by atoms with van der Waals surface area (Å²) in [4.78, 5) is 12.0. The van der Waals surface area contributed by atoms with Gasteiger partial charge in [-0.15, -0.1) is 10.2 Å². The van der Waals surface area contributed by atoms with Gasteiger partial charge in [0.05, 0.1) is 6.61 Å². The van der Waals surface area contributed by atoms with Gasteiger partial charge in [0.1, 0.15) is 5.82 Å². The molecule has 1 aliphatic rings. The molecule has 0 spiro atoms. The van der Waals surface area contributed by atoms with E-state index in [9.17, 15) is 4.79 Å². The van der Waals surface area contributed by atoms with Crippen LogP contribution in [0.5, 0.6) is 0 Å². The van der Waals surface area contributed by atoms with E-state index in [0.717, 1.165) is 12.8 Å². The summed E-state index contributed by atoms with van der Waals surface area (Å²) in [5.41, 5.74) is 0. The van der Waals surface area contributed by atoms with Gasteiger partial charge < -0.3 is 20.1 Å². The topological polar surface area (TPSA) is 85.4 Å². The first-order chi connectivity index (χ1) is 9.79. The summed E-state index contributed by atoms with van der Waals surface area (Å²) >= 11 is 0. The predicted octanol–water partition coefficient (Wildman–Crippen LogP) is 0.900. The van der Waals surface area contributed by atoms with Gasteiger partial charge in [0.2, 0.25) is 5.91 Å². The number of aromatic nitrogens is 2. The maximum Gasteiger partial charge on any atom is 0.228 e. The van der Waals surface area contributed by atoms with Crippen molar-refractivity contribution in [1.82, 2.24) is 10.2 Å². The van der Waals surface area contributed by atoms with Crippen LogP contribution in [0, 0.1) is 5.92 Å². The average Bonchev–Trinajstić information content (AvgIpc) is 2.50. The lowest BCUT2D eigenvalue weighted by atomic mass is 9.99. The van der Waals surface area contributed by atoms with Gasteiger partial charge in [-0.1, -0.05) is 0 Å². The second-order valence-electron chi connectivity index (χ2n) is 4.60. The number of carbonyl (C=O) groups excluding carboxylic acids is 1. The Morgan fingerprint density at radius 3 is 2.70 bits per heavy atom. The third kappa shape index (κ3) is 4.43. The monoisotopic (exact) mass is 280 g/mol. The Labute approximate surface area is 118 Å². The molecule has 0 aliphatic carbocycles. The summed E-state index contributed by atoms with van der Waals surface area (Å²) in [5.74, 6) is 1.12. The number of nitrogens with zero attached hydrogens (tertiary/aromatic N) is 2. The van der Waals surface area contributed by atoms with E-state index >= 15 is 0 Å². The van der Waals surface area contributed by atoms with E-state index in [1.165, 1.54) is 0 Å². The number of hydrogen-bond acceptors (Lipinski definition) is 6. The van der Waals surface area contributed by atoms with Crippen molar-refractivity contribution in [3.8, 4) is 0 Å². The summed E-state index contributed by atoms with van der Waals surface area (Å²) in [7, 11) is 1.64. The molecular formula is C13H20N4O3. The molecule has 0 bridgehead atoms. The van der Waals surface area contributed by atoms with Crippen LogP contribution < -0.4 is 10.6 Å². The molecule has 20 heavy (non-hydrogen) atoms. The van der Waals surface area contributed by atoms with Gasteiger partial charge in [0, 0.05) is 32.8 Å². The first-order valence-corrected chi connectivity index (χ1v) is 6.75. The molecule has 2 N–H and O–H groups in total. The number of ether oxygens (including phenoxy) is 2. The van der Waals surface area contributed by atoms with Crippen LogP contribution in [0.4, 0.5) is 11.6 Å². The fourth-order valence-corrected chi connectivity index (χ4v) is 1.96. The first kappa shape index (κ1) is 14.7. The Morgan fingerprint density at radius 2 is 2.05 bits per heavy atom. The van der Waals surface area contributed by atoms with Gasteiger partial charge in [0.15, 0.2) is 5.82 Å².